The highest BCUT2D eigenvalue weighted by Crippen LogP contribution is 1.96. The number of rotatable bonds is 3. The molecule has 2 N–H and O–H groups in total. The summed E-state index contributed by atoms with van der Waals surface area (Å²) in [6.07, 6.45) is 3.86. The molecule has 8 heteroatoms. The predicted octanol–water partition coefficient (Wildman–Crippen LogP) is -0.0897. The van der Waals surface area contributed by atoms with Gasteiger partial charge in [-0.25, -0.2) is 10.0 Å². The Morgan fingerprint density at radius 1 is 1.05 bits per heavy atom. The van der Waals surface area contributed by atoms with Crippen LogP contribution in [0.2, 0.25) is 0 Å². The average molecular weight is 292 g/mol. The molecule has 116 valence electrons. The molecule has 0 aromatic heterocycles. The first-order valence-corrected chi connectivity index (χ1v) is 7.30. The summed E-state index contributed by atoms with van der Waals surface area (Å²) in [5, 5.41) is 18.7. The van der Waals surface area contributed by atoms with Crippen LogP contribution in [0.4, 0.5) is 0 Å². The summed E-state index contributed by atoms with van der Waals surface area (Å²) >= 11 is 0. The molecule has 0 aromatic carbocycles. The molecular weight excluding hydrogens is 268 g/mol. The molecule has 0 spiro atoms. The van der Waals surface area contributed by atoms with Crippen molar-refractivity contribution in [1.82, 2.24) is 20.7 Å². The minimum atomic E-state index is 0.802. The van der Waals surface area contributed by atoms with Gasteiger partial charge in [0.15, 0.2) is 0 Å². The zero-order valence-electron chi connectivity index (χ0n) is 13.0. The molecule has 21 heavy (non-hydrogen) atoms. The number of nitrogens with zero attached hydrogens (tertiary/aromatic N) is 6. The lowest BCUT2D eigenvalue weighted by Gasteiger charge is -2.21. The smallest absolute Gasteiger partial charge is 0.214 e. The fraction of sp³-hybridized carbons (Fsp3) is 0.692. The minimum Gasteiger partial charge on any atom is -0.355 e. The zero-order valence-corrected chi connectivity index (χ0v) is 13.0. The van der Waals surface area contributed by atoms with E-state index in [0.29, 0.717) is 0 Å². The lowest BCUT2D eigenvalue weighted by Crippen LogP contribution is -2.40. The van der Waals surface area contributed by atoms with Crippen LogP contribution >= 0.6 is 0 Å². The van der Waals surface area contributed by atoms with Crippen molar-refractivity contribution in [2.24, 2.45) is 20.2 Å². The molecule has 2 aliphatic heterocycles. The Kier molecular flexibility index (Phi) is 5.53. The molecule has 0 aromatic rings. The minimum absolute atomic E-state index is 0.802. The first-order chi connectivity index (χ1) is 10.2. The van der Waals surface area contributed by atoms with Gasteiger partial charge in [0.1, 0.15) is 0 Å². The third-order valence-electron chi connectivity index (χ3n) is 3.10. The van der Waals surface area contributed by atoms with Gasteiger partial charge in [-0.2, -0.15) is 10.2 Å². The Labute approximate surface area is 125 Å². The van der Waals surface area contributed by atoms with Crippen molar-refractivity contribution < 1.29 is 0 Å². The molecule has 0 saturated carbocycles. The number of aliphatic imine (C=N–C) groups is 2. The van der Waals surface area contributed by atoms with Crippen LogP contribution in [-0.2, 0) is 0 Å². The van der Waals surface area contributed by atoms with E-state index in [9.17, 15) is 0 Å². The van der Waals surface area contributed by atoms with Crippen LogP contribution in [0.5, 0.6) is 0 Å². The molecule has 8 nitrogen and oxygen atoms in total. The number of guanidine groups is 2. The molecule has 0 atom stereocenters. The Hall–Kier alpha value is -2.12. The van der Waals surface area contributed by atoms with Crippen molar-refractivity contribution in [3.8, 4) is 0 Å². The van der Waals surface area contributed by atoms with E-state index in [1.165, 1.54) is 0 Å². The molecule has 0 bridgehead atoms. The maximum Gasteiger partial charge on any atom is 0.214 e. The van der Waals surface area contributed by atoms with E-state index >= 15 is 0 Å². The van der Waals surface area contributed by atoms with Gasteiger partial charge in [-0.1, -0.05) is 0 Å². The van der Waals surface area contributed by atoms with Crippen LogP contribution in [-0.4, -0.2) is 74.1 Å². The van der Waals surface area contributed by atoms with Crippen LogP contribution < -0.4 is 10.6 Å². The standard InChI is InChI=1S/C13H24N8/c1-11(19-21(3)13-16-8-5-9-17-13)10-18-20(2)12-14-6-4-7-15-12/h10H,4-9H2,1-3H3,(H,14,15)(H,16,17)/b18-10+,19-11+. The van der Waals surface area contributed by atoms with Crippen molar-refractivity contribution in [2.75, 3.05) is 40.3 Å². The van der Waals surface area contributed by atoms with E-state index < -0.39 is 0 Å². The van der Waals surface area contributed by atoms with Gasteiger partial charge in [0.2, 0.25) is 11.9 Å². The zero-order chi connectivity index (χ0) is 15.1. The number of hydrogen-bond acceptors (Lipinski definition) is 8. The van der Waals surface area contributed by atoms with Crippen LogP contribution in [0.25, 0.3) is 0 Å². The lowest BCUT2D eigenvalue weighted by atomic mass is 10.4. The van der Waals surface area contributed by atoms with Gasteiger partial charge < -0.3 is 10.6 Å². The van der Waals surface area contributed by atoms with Crippen molar-refractivity contribution in [3.05, 3.63) is 0 Å². The Morgan fingerprint density at radius 2 is 1.62 bits per heavy atom. The predicted molar refractivity (Wildman–Crippen MR) is 87.0 cm³/mol. The molecule has 0 amide bonds. The third kappa shape index (κ3) is 4.73. The molecule has 0 aliphatic carbocycles. The highest BCUT2D eigenvalue weighted by atomic mass is 15.5. The maximum absolute atomic E-state index is 4.44. The number of hydrogen-bond donors (Lipinski definition) is 2. The van der Waals surface area contributed by atoms with Gasteiger partial charge in [-0.3, -0.25) is 9.98 Å². The van der Waals surface area contributed by atoms with Gasteiger partial charge in [0.25, 0.3) is 0 Å². The first kappa shape index (κ1) is 15.3. The fourth-order valence-electron chi connectivity index (χ4n) is 2.01. The normalized spacial score (nSPS) is 19.5. The van der Waals surface area contributed by atoms with Crippen LogP contribution in [0.1, 0.15) is 19.8 Å². The number of hydrazone groups is 2. The summed E-state index contributed by atoms with van der Waals surface area (Å²) in [4.78, 5) is 8.77. The summed E-state index contributed by atoms with van der Waals surface area (Å²) in [7, 11) is 3.75. The molecule has 0 saturated heterocycles. The quantitative estimate of drug-likeness (QED) is 0.563. The van der Waals surface area contributed by atoms with Crippen molar-refractivity contribution in [1.29, 1.82) is 0 Å². The van der Waals surface area contributed by atoms with Gasteiger partial charge in [0.05, 0.1) is 11.9 Å². The Bertz CT molecular complexity index is 465. The lowest BCUT2D eigenvalue weighted by molar-refractivity contribution is 0.497. The maximum atomic E-state index is 4.44. The van der Waals surface area contributed by atoms with Gasteiger partial charge in [-0.15, -0.1) is 0 Å². The Balaban J connectivity index is 1.91. The third-order valence-corrected chi connectivity index (χ3v) is 3.10. The van der Waals surface area contributed by atoms with Crippen LogP contribution in [0.15, 0.2) is 20.2 Å². The monoisotopic (exact) mass is 292 g/mol. The molecule has 2 rings (SSSR count). The summed E-state index contributed by atoms with van der Waals surface area (Å²) in [6, 6.07) is 0. The van der Waals surface area contributed by atoms with Crippen molar-refractivity contribution >= 4 is 23.8 Å². The van der Waals surface area contributed by atoms with Crippen molar-refractivity contribution in [2.45, 2.75) is 19.8 Å². The second kappa shape index (κ2) is 7.61. The summed E-state index contributed by atoms with van der Waals surface area (Å²) in [5.41, 5.74) is 0.802. The van der Waals surface area contributed by atoms with Crippen LogP contribution in [0, 0.1) is 0 Å². The van der Waals surface area contributed by atoms with E-state index in [1.807, 2.05) is 21.0 Å². The van der Waals surface area contributed by atoms with E-state index in [1.54, 1.807) is 16.2 Å². The molecule has 2 aliphatic rings. The largest absolute Gasteiger partial charge is 0.355 e. The molecule has 2 heterocycles. The van der Waals surface area contributed by atoms with E-state index in [-0.39, 0.29) is 0 Å². The topological polar surface area (TPSA) is 80.0 Å². The number of nitrogens with one attached hydrogen (secondary N) is 2. The summed E-state index contributed by atoms with van der Waals surface area (Å²) in [5.74, 6) is 1.61. The molecule has 0 fully saturated rings. The van der Waals surface area contributed by atoms with Gasteiger partial charge in [-0.05, 0) is 19.8 Å². The summed E-state index contributed by atoms with van der Waals surface area (Å²) < 4.78 is 0. The Morgan fingerprint density at radius 3 is 2.14 bits per heavy atom. The van der Waals surface area contributed by atoms with E-state index in [0.717, 1.165) is 56.7 Å². The average Bonchev–Trinajstić information content (AvgIpc) is 2.54. The first-order valence-electron chi connectivity index (χ1n) is 7.30. The van der Waals surface area contributed by atoms with E-state index in [2.05, 4.69) is 30.8 Å². The summed E-state index contributed by atoms with van der Waals surface area (Å²) in [6.45, 7) is 5.50. The van der Waals surface area contributed by atoms with Crippen LogP contribution in [0.3, 0.4) is 0 Å². The second-order valence-electron chi connectivity index (χ2n) is 5.00. The molecule has 0 unspecified atom stereocenters. The van der Waals surface area contributed by atoms with E-state index in [4.69, 9.17) is 0 Å². The SMILES string of the molecule is CC(/C=N/N(C)C1=NCCCN1)=N\N(C)C1=NCCCN1. The van der Waals surface area contributed by atoms with Gasteiger partial charge >= 0.3 is 0 Å². The second-order valence-corrected chi connectivity index (χ2v) is 5.00. The highest BCUT2D eigenvalue weighted by molar-refractivity contribution is 6.29. The fourth-order valence-corrected chi connectivity index (χ4v) is 2.01. The van der Waals surface area contributed by atoms with Crippen molar-refractivity contribution in [3.63, 3.8) is 0 Å². The molecule has 0 radical (unpaired) electrons. The highest BCUT2D eigenvalue weighted by Gasteiger charge is 2.09. The van der Waals surface area contributed by atoms with Gasteiger partial charge in [0, 0.05) is 40.3 Å². The molecular formula is C13H24N8.